The van der Waals surface area contributed by atoms with Crippen LogP contribution in [-0.4, -0.2) is 19.3 Å². The summed E-state index contributed by atoms with van der Waals surface area (Å²) in [6.07, 6.45) is 0.894. The molecule has 0 radical (unpaired) electrons. The van der Waals surface area contributed by atoms with Gasteiger partial charge in [-0.15, -0.1) is 0 Å². The van der Waals surface area contributed by atoms with Crippen molar-refractivity contribution in [3.8, 4) is 11.5 Å². The van der Waals surface area contributed by atoms with Crippen LogP contribution in [0.5, 0.6) is 11.5 Å². The summed E-state index contributed by atoms with van der Waals surface area (Å²) in [5.41, 5.74) is 3.29. The Morgan fingerprint density at radius 1 is 1.04 bits per heavy atom. The SMILES string of the molecule is CCC(NC(=S)Nc1ccc(C)cc1)c1ccc(OC)c(OC)c1. The van der Waals surface area contributed by atoms with E-state index in [4.69, 9.17) is 21.7 Å². The second kappa shape index (κ2) is 8.55. The summed E-state index contributed by atoms with van der Waals surface area (Å²) >= 11 is 5.44. The molecule has 24 heavy (non-hydrogen) atoms. The van der Waals surface area contributed by atoms with Gasteiger partial charge in [0, 0.05) is 5.69 Å². The van der Waals surface area contributed by atoms with Gasteiger partial charge in [0.15, 0.2) is 16.6 Å². The molecule has 0 spiro atoms. The van der Waals surface area contributed by atoms with Crippen LogP contribution in [0, 0.1) is 6.92 Å². The number of hydrogen-bond acceptors (Lipinski definition) is 3. The number of anilines is 1. The Labute approximate surface area is 149 Å². The first-order chi connectivity index (χ1) is 11.6. The molecule has 0 fully saturated rings. The Morgan fingerprint density at radius 3 is 2.29 bits per heavy atom. The molecule has 0 saturated heterocycles. The number of hydrogen-bond donors (Lipinski definition) is 2. The Kier molecular flexibility index (Phi) is 6.44. The number of methoxy groups -OCH3 is 2. The van der Waals surface area contributed by atoms with Crippen molar-refractivity contribution < 1.29 is 9.47 Å². The monoisotopic (exact) mass is 344 g/mol. The van der Waals surface area contributed by atoms with Crippen LogP contribution in [0.4, 0.5) is 5.69 Å². The van der Waals surface area contributed by atoms with Crippen LogP contribution < -0.4 is 20.1 Å². The quantitative estimate of drug-likeness (QED) is 0.758. The number of nitrogens with one attached hydrogen (secondary N) is 2. The van der Waals surface area contributed by atoms with Crippen LogP contribution in [0.25, 0.3) is 0 Å². The van der Waals surface area contributed by atoms with Crippen molar-refractivity contribution >= 4 is 23.0 Å². The molecule has 1 unspecified atom stereocenters. The Balaban J connectivity index is 2.08. The zero-order valence-electron chi connectivity index (χ0n) is 14.6. The van der Waals surface area contributed by atoms with E-state index in [2.05, 4.69) is 36.6 Å². The van der Waals surface area contributed by atoms with Crippen LogP contribution >= 0.6 is 12.2 Å². The molecule has 0 aliphatic heterocycles. The predicted octanol–water partition coefficient (Wildman–Crippen LogP) is 4.45. The minimum absolute atomic E-state index is 0.0928. The molecule has 0 aromatic heterocycles. The summed E-state index contributed by atoms with van der Waals surface area (Å²) in [7, 11) is 3.27. The van der Waals surface area contributed by atoms with Gasteiger partial charge in [-0.05, 0) is 55.4 Å². The third-order valence-electron chi connectivity index (χ3n) is 3.83. The smallest absolute Gasteiger partial charge is 0.171 e. The molecule has 2 aromatic rings. The number of thiocarbonyl (C=S) groups is 1. The predicted molar refractivity (Wildman–Crippen MR) is 103 cm³/mol. The van der Waals surface area contributed by atoms with E-state index in [1.807, 2.05) is 30.3 Å². The van der Waals surface area contributed by atoms with Crippen molar-refractivity contribution in [1.82, 2.24) is 5.32 Å². The minimum Gasteiger partial charge on any atom is -0.493 e. The molecule has 0 aliphatic carbocycles. The van der Waals surface area contributed by atoms with Crippen molar-refractivity contribution in [3.05, 3.63) is 53.6 Å². The lowest BCUT2D eigenvalue weighted by atomic mass is 10.0. The summed E-state index contributed by atoms with van der Waals surface area (Å²) in [6.45, 7) is 4.17. The van der Waals surface area contributed by atoms with Gasteiger partial charge >= 0.3 is 0 Å². The standard InChI is InChI=1S/C19H24N2O2S/c1-5-16(14-8-11-17(22-3)18(12-14)23-4)21-19(24)20-15-9-6-13(2)7-10-15/h6-12,16H,5H2,1-4H3,(H2,20,21,24). The first-order valence-corrected chi connectivity index (χ1v) is 8.34. The summed E-state index contributed by atoms with van der Waals surface area (Å²) in [5, 5.41) is 7.18. The molecular formula is C19H24N2O2S. The van der Waals surface area contributed by atoms with E-state index in [1.54, 1.807) is 14.2 Å². The molecule has 0 heterocycles. The van der Waals surface area contributed by atoms with Crippen LogP contribution in [0.15, 0.2) is 42.5 Å². The highest BCUT2D eigenvalue weighted by Crippen LogP contribution is 2.30. The second-order valence-electron chi connectivity index (χ2n) is 5.54. The molecule has 0 amide bonds. The maximum absolute atomic E-state index is 5.44. The fraction of sp³-hybridized carbons (Fsp3) is 0.316. The van der Waals surface area contributed by atoms with Crippen molar-refractivity contribution in [2.24, 2.45) is 0 Å². The van der Waals surface area contributed by atoms with E-state index in [1.165, 1.54) is 5.56 Å². The summed E-state index contributed by atoms with van der Waals surface area (Å²) in [5.74, 6) is 1.43. The summed E-state index contributed by atoms with van der Waals surface area (Å²) in [4.78, 5) is 0. The number of rotatable bonds is 6. The fourth-order valence-electron chi connectivity index (χ4n) is 2.45. The van der Waals surface area contributed by atoms with Gasteiger partial charge in [0.2, 0.25) is 0 Å². The highest BCUT2D eigenvalue weighted by Gasteiger charge is 2.14. The molecule has 0 aliphatic rings. The largest absolute Gasteiger partial charge is 0.493 e. The zero-order valence-corrected chi connectivity index (χ0v) is 15.4. The lowest BCUT2D eigenvalue weighted by Gasteiger charge is -2.21. The average molecular weight is 344 g/mol. The molecule has 5 heteroatoms. The number of ether oxygens (including phenoxy) is 2. The van der Waals surface area contributed by atoms with Crippen LogP contribution in [0.3, 0.4) is 0 Å². The molecular weight excluding hydrogens is 320 g/mol. The highest BCUT2D eigenvalue weighted by atomic mass is 32.1. The van der Waals surface area contributed by atoms with Gasteiger partial charge in [-0.3, -0.25) is 0 Å². The van der Waals surface area contributed by atoms with Crippen molar-refractivity contribution in [1.29, 1.82) is 0 Å². The second-order valence-corrected chi connectivity index (χ2v) is 5.95. The number of aryl methyl sites for hydroxylation is 1. The van der Waals surface area contributed by atoms with Crippen LogP contribution in [0.1, 0.15) is 30.5 Å². The Bertz CT molecular complexity index is 686. The van der Waals surface area contributed by atoms with Crippen LogP contribution in [-0.2, 0) is 0 Å². The molecule has 2 N–H and O–H groups in total. The van der Waals surface area contributed by atoms with E-state index in [-0.39, 0.29) is 6.04 Å². The van der Waals surface area contributed by atoms with E-state index in [0.29, 0.717) is 10.9 Å². The van der Waals surface area contributed by atoms with E-state index < -0.39 is 0 Å². The van der Waals surface area contributed by atoms with Gasteiger partial charge in [-0.25, -0.2) is 0 Å². The van der Waals surface area contributed by atoms with E-state index in [9.17, 15) is 0 Å². The molecule has 4 nitrogen and oxygen atoms in total. The highest BCUT2D eigenvalue weighted by molar-refractivity contribution is 7.80. The molecule has 0 saturated carbocycles. The maximum Gasteiger partial charge on any atom is 0.171 e. The maximum atomic E-state index is 5.44. The van der Waals surface area contributed by atoms with Crippen molar-refractivity contribution in [3.63, 3.8) is 0 Å². The Morgan fingerprint density at radius 2 is 1.71 bits per heavy atom. The lowest BCUT2D eigenvalue weighted by Crippen LogP contribution is -2.32. The normalized spacial score (nSPS) is 11.5. The average Bonchev–Trinajstić information content (AvgIpc) is 2.61. The van der Waals surface area contributed by atoms with Gasteiger partial charge in [0.25, 0.3) is 0 Å². The molecule has 128 valence electrons. The Hall–Kier alpha value is -2.27. The molecule has 1 atom stereocenters. The third kappa shape index (κ3) is 4.61. The third-order valence-corrected chi connectivity index (χ3v) is 4.05. The minimum atomic E-state index is 0.0928. The number of benzene rings is 2. The van der Waals surface area contributed by atoms with Crippen molar-refractivity contribution in [2.45, 2.75) is 26.3 Å². The summed E-state index contributed by atoms with van der Waals surface area (Å²) < 4.78 is 10.7. The first kappa shape index (κ1) is 18.1. The molecule has 2 rings (SSSR count). The van der Waals surface area contributed by atoms with E-state index >= 15 is 0 Å². The van der Waals surface area contributed by atoms with Gasteiger partial charge in [0.1, 0.15) is 0 Å². The fourth-order valence-corrected chi connectivity index (χ4v) is 2.71. The van der Waals surface area contributed by atoms with Crippen molar-refractivity contribution in [2.75, 3.05) is 19.5 Å². The summed E-state index contributed by atoms with van der Waals surface area (Å²) in [6, 6.07) is 14.1. The van der Waals surface area contributed by atoms with E-state index in [0.717, 1.165) is 23.4 Å². The van der Waals surface area contributed by atoms with Gasteiger partial charge < -0.3 is 20.1 Å². The van der Waals surface area contributed by atoms with Crippen LogP contribution in [0.2, 0.25) is 0 Å². The topological polar surface area (TPSA) is 42.5 Å². The molecule has 2 aromatic carbocycles. The molecule has 0 bridgehead atoms. The lowest BCUT2D eigenvalue weighted by molar-refractivity contribution is 0.354. The van der Waals surface area contributed by atoms with Gasteiger partial charge in [-0.1, -0.05) is 30.7 Å². The first-order valence-electron chi connectivity index (χ1n) is 7.93. The van der Waals surface area contributed by atoms with Gasteiger partial charge in [-0.2, -0.15) is 0 Å². The van der Waals surface area contributed by atoms with Gasteiger partial charge in [0.05, 0.1) is 20.3 Å². The zero-order chi connectivity index (χ0) is 17.5.